The van der Waals surface area contributed by atoms with E-state index in [-0.39, 0.29) is 0 Å². The molecule has 2 heterocycles. The predicted molar refractivity (Wildman–Crippen MR) is 63.8 cm³/mol. The summed E-state index contributed by atoms with van der Waals surface area (Å²) in [4.78, 5) is 0. The molecule has 2 rings (SSSR count). The molecule has 1 N–H and O–H groups in total. The van der Waals surface area contributed by atoms with Crippen molar-refractivity contribution in [3.05, 3.63) is 28.6 Å². The third-order valence-corrected chi connectivity index (χ3v) is 2.67. The summed E-state index contributed by atoms with van der Waals surface area (Å²) in [5.41, 5.74) is 1.01. The van der Waals surface area contributed by atoms with Crippen molar-refractivity contribution in [3.63, 3.8) is 0 Å². The minimum atomic E-state index is 0.654. The van der Waals surface area contributed by atoms with Crippen LogP contribution in [0.3, 0.4) is 0 Å². The zero-order valence-corrected chi connectivity index (χ0v) is 10.3. The normalized spacial score (nSPS) is 10.9. The van der Waals surface area contributed by atoms with Crippen LogP contribution in [0.4, 0.5) is 0 Å². The molecule has 0 bridgehead atoms. The van der Waals surface area contributed by atoms with Crippen LogP contribution in [0.1, 0.15) is 24.9 Å². The number of nitrogens with one attached hydrogen (secondary N) is 1. The summed E-state index contributed by atoms with van der Waals surface area (Å²) in [6.45, 7) is 5.64. The standard InChI is InChI=1S/C10H15N5S/c1-3-5-15-9(11-12-10(15)16)7-14-6-4-8(2)13-14/h4,6H,3,5,7H2,1-2H3,(H,12,16). The maximum atomic E-state index is 5.17. The van der Waals surface area contributed by atoms with Crippen LogP contribution in [-0.2, 0) is 13.1 Å². The zero-order chi connectivity index (χ0) is 11.5. The number of aromatic amines is 1. The van der Waals surface area contributed by atoms with Gasteiger partial charge in [0, 0.05) is 12.7 Å². The summed E-state index contributed by atoms with van der Waals surface area (Å²) < 4.78 is 4.57. The van der Waals surface area contributed by atoms with Gasteiger partial charge in [-0.25, -0.2) is 0 Å². The third kappa shape index (κ3) is 2.21. The Kier molecular flexibility index (Phi) is 3.19. The monoisotopic (exact) mass is 237 g/mol. The highest BCUT2D eigenvalue weighted by molar-refractivity contribution is 7.71. The SMILES string of the molecule is CCCn1c(Cn2ccc(C)n2)n[nH]c1=S. The molecule has 5 nitrogen and oxygen atoms in total. The van der Waals surface area contributed by atoms with Gasteiger partial charge in [0.25, 0.3) is 0 Å². The predicted octanol–water partition coefficient (Wildman–Crippen LogP) is 1.90. The number of aryl methyl sites for hydroxylation is 1. The van der Waals surface area contributed by atoms with Crippen molar-refractivity contribution in [2.75, 3.05) is 0 Å². The number of hydrogen-bond donors (Lipinski definition) is 1. The van der Waals surface area contributed by atoms with Crippen LogP contribution in [0.15, 0.2) is 12.3 Å². The fraction of sp³-hybridized carbons (Fsp3) is 0.500. The lowest BCUT2D eigenvalue weighted by atomic mass is 10.4. The summed E-state index contributed by atoms with van der Waals surface area (Å²) in [6, 6.07) is 1.98. The van der Waals surface area contributed by atoms with Crippen LogP contribution in [0, 0.1) is 11.7 Å². The number of aromatic nitrogens is 5. The molecule has 2 aromatic heterocycles. The summed E-state index contributed by atoms with van der Waals surface area (Å²) >= 11 is 5.17. The molecule has 0 saturated heterocycles. The molecule has 0 aromatic carbocycles. The van der Waals surface area contributed by atoms with E-state index >= 15 is 0 Å². The van der Waals surface area contributed by atoms with Crippen molar-refractivity contribution in [3.8, 4) is 0 Å². The van der Waals surface area contributed by atoms with E-state index in [2.05, 4.69) is 22.2 Å². The second-order valence-electron chi connectivity index (χ2n) is 3.75. The molecule has 0 aliphatic carbocycles. The lowest BCUT2D eigenvalue weighted by Crippen LogP contribution is -2.09. The van der Waals surface area contributed by atoms with E-state index in [0.29, 0.717) is 11.3 Å². The van der Waals surface area contributed by atoms with E-state index in [9.17, 15) is 0 Å². The number of nitrogens with zero attached hydrogens (tertiary/aromatic N) is 4. The molecular formula is C10H15N5S. The van der Waals surface area contributed by atoms with Gasteiger partial charge in [-0.1, -0.05) is 6.92 Å². The molecule has 86 valence electrons. The van der Waals surface area contributed by atoms with Gasteiger partial charge in [0.1, 0.15) is 6.54 Å². The first-order valence-electron chi connectivity index (χ1n) is 5.35. The first-order chi connectivity index (χ1) is 7.70. The Morgan fingerprint density at radius 3 is 2.94 bits per heavy atom. The van der Waals surface area contributed by atoms with Crippen LogP contribution in [0.5, 0.6) is 0 Å². The Hall–Kier alpha value is -1.43. The summed E-state index contributed by atoms with van der Waals surface area (Å²) in [5.74, 6) is 0.926. The van der Waals surface area contributed by atoms with E-state index in [1.807, 2.05) is 28.4 Å². The average Bonchev–Trinajstić information content (AvgIpc) is 2.79. The Balaban J connectivity index is 2.24. The van der Waals surface area contributed by atoms with E-state index in [4.69, 9.17) is 12.2 Å². The van der Waals surface area contributed by atoms with Gasteiger partial charge < -0.3 is 4.57 Å². The third-order valence-electron chi connectivity index (χ3n) is 2.36. The van der Waals surface area contributed by atoms with Crippen molar-refractivity contribution in [1.82, 2.24) is 24.5 Å². The molecule has 6 heteroatoms. The maximum absolute atomic E-state index is 5.17. The van der Waals surface area contributed by atoms with E-state index < -0.39 is 0 Å². The molecule has 0 radical (unpaired) electrons. The van der Waals surface area contributed by atoms with Crippen molar-refractivity contribution in [2.24, 2.45) is 0 Å². The number of H-pyrrole nitrogens is 1. The van der Waals surface area contributed by atoms with Crippen molar-refractivity contribution < 1.29 is 0 Å². The highest BCUT2D eigenvalue weighted by Crippen LogP contribution is 2.03. The molecule has 0 fully saturated rings. The highest BCUT2D eigenvalue weighted by atomic mass is 32.1. The zero-order valence-electron chi connectivity index (χ0n) is 9.47. The molecule has 0 amide bonds. The molecule has 2 aromatic rings. The number of hydrogen-bond acceptors (Lipinski definition) is 3. The van der Waals surface area contributed by atoms with Crippen molar-refractivity contribution >= 4 is 12.2 Å². The Bertz CT molecular complexity index is 521. The van der Waals surface area contributed by atoms with Gasteiger partial charge in [0.05, 0.1) is 5.69 Å². The topological polar surface area (TPSA) is 51.4 Å². The van der Waals surface area contributed by atoms with Gasteiger partial charge in [0.15, 0.2) is 10.6 Å². The lowest BCUT2D eigenvalue weighted by Gasteiger charge is -2.04. The van der Waals surface area contributed by atoms with Crippen molar-refractivity contribution in [1.29, 1.82) is 0 Å². The quantitative estimate of drug-likeness (QED) is 0.826. The largest absolute Gasteiger partial charge is 0.303 e. The van der Waals surface area contributed by atoms with Crippen LogP contribution in [-0.4, -0.2) is 24.5 Å². The molecule has 0 aliphatic heterocycles. The van der Waals surface area contributed by atoms with Gasteiger partial charge >= 0.3 is 0 Å². The molecule has 0 spiro atoms. The van der Waals surface area contributed by atoms with Gasteiger partial charge in [-0.3, -0.25) is 9.78 Å². The van der Waals surface area contributed by atoms with Crippen LogP contribution >= 0.6 is 12.2 Å². The minimum absolute atomic E-state index is 0.654. The first kappa shape index (κ1) is 11.1. The van der Waals surface area contributed by atoms with Crippen LogP contribution < -0.4 is 0 Å². The van der Waals surface area contributed by atoms with Gasteiger partial charge in [0.2, 0.25) is 0 Å². The molecule has 16 heavy (non-hydrogen) atoms. The van der Waals surface area contributed by atoms with Crippen LogP contribution in [0.25, 0.3) is 0 Å². The number of rotatable bonds is 4. The molecule has 0 aliphatic rings. The minimum Gasteiger partial charge on any atom is -0.303 e. The average molecular weight is 237 g/mol. The summed E-state index contributed by atoms with van der Waals surface area (Å²) in [6.07, 6.45) is 2.99. The van der Waals surface area contributed by atoms with Gasteiger partial charge in [-0.05, 0) is 31.6 Å². The second kappa shape index (κ2) is 4.61. The van der Waals surface area contributed by atoms with E-state index in [1.165, 1.54) is 0 Å². The fourth-order valence-electron chi connectivity index (χ4n) is 1.62. The molecular weight excluding hydrogens is 222 g/mol. The van der Waals surface area contributed by atoms with E-state index in [1.54, 1.807) is 0 Å². The smallest absolute Gasteiger partial charge is 0.195 e. The second-order valence-corrected chi connectivity index (χ2v) is 4.14. The first-order valence-corrected chi connectivity index (χ1v) is 5.75. The maximum Gasteiger partial charge on any atom is 0.195 e. The molecule has 0 saturated carbocycles. The summed E-state index contributed by atoms with van der Waals surface area (Å²) in [7, 11) is 0. The molecule has 0 unspecified atom stereocenters. The lowest BCUT2D eigenvalue weighted by molar-refractivity contribution is 0.578. The van der Waals surface area contributed by atoms with Crippen LogP contribution in [0.2, 0.25) is 0 Å². The Morgan fingerprint density at radius 1 is 1.50 bits per heavy atom. The molecule has 0 atom stereocenters. The van der Waals surface area contributed by atoms with Gasteiger partial charge in [-0.15, -0.1) is 0 Å². The fourth-order valence-corrected chi connectivity index (χ4v) is 1.86. The van der Waals surface area contributed by atoms with E-state index in [0.717, 1.165) is 24.5 Å². The van der Waals surface area contributed by atoms with Crippen molar-refractivity contribution in [2.45, 2.75) is 33.4 Å². The van der Waals surface area contributed by atoms with Gasteiger partial charge in [-0.2, -0.15) is 10.2 Å². The Morgan fingerprint density at radius 2 is 2.31 bits per heavy atom. The highest BCUT2D eigenvalue weighted by Gasteiger charge is 2.06. The summed E-state index contributed by atoms with van der Waals surface area (Å²) in [5, 5.41) is 11.4. The Labute approximate surface area is 99.1 Å².